The van der Waals surface area contributed by atoms with Crippen molar-refractivity contribution in [3.8, 4) is 0 Å². The van der Waals surface area contributed by atoms with Crippen molar-refractivity contribution < 1.29 is 4.79 Å². The molecule has 1 atom stereocenters. The molecule has 1 amide bonds. The van der Waals surface area contributed by atoms with Crippen molar-refractivity contribution in [2.24, 2.45) is 7.05 Å². The summed E-state index contributed by atoms with van der Waals surface area (Å²) < 4.78 is 1.74. The van der Waals surface area contributed by atoms with Gasteiger partial charge < -0.3 is 10.6 Å². The third-order valence-electron chi connectivity index (χ3n) is 2.84. The molecule has 1 aliphatic heterocycles. The first-order valence-electron chi connectivity index (χ1n) is 5.75. The number of piperidine rings is 1. The lowest BCUT2D eigenvalue weighted by molar-refractivity contribution is -0.123. The predicted molar refractivity (Wildman–Crippen MR) is 60.7 cm³/mol. The minimum Gasteiger partial charge on any atom is -0.349 e. The van der Waals surface area contributed by atoms with Gasteiger partial charge >= 0.3 is 0 Å². The van der Waals surface area contributed by atoms with Crippen molar-refractivity contribution in [2.45, 2.75) is 31.8 Å². The van der Waals surface area contributed by atoms with Gasteiger partial charge in [0.15, 0.2) is 0 Å². The Morgan fingerprint density at radius 2 is 2.56 bits per heavy atom. The summed E-state index contributed by atoms with van der Waals surface area (Å²) in [6.45, 7) is 1.46. The van der Waals surface area contributed by atoms with Gasteiger partial charge in [-0.25, -0.2) is 0 Å². The van der Waals surface area contributed by atoms with E-state index in [1.165, 1.54) is 6.42 Å². The lowest BCUT2D eigenvalue weighted by Gasteiger charge is -2.22. The number of hydrogen-bond donors (Lipinski definition) is 2. The van der Waals surface area contributed by atoms with Crippen molar-refractivity contribution in [1.29, 1.82) is 0 Å². The van der Waals surface area contributed by atoms with Crippen LogP contribution in [0.4, 0.5) is 0 Å². The summed E-state index contributed by atoms with van der Waals surface area (Å²) in [4.78, 5) is 11.8. The van der Waals surface area contributed by atoms with Crippen LogP contribution in [0.5, 0.6) is 0 Å². The second-order valence-electron chi connectivity index (χ2n) is 4.20. The molecule has 1 saturated heterocycles. The predicted octanol–water partition coefficient (Wildman–Crippen LogP) is 0.178. The van der Waals surface area contributed by atoms with Crippen molar-refractivity contribution in [1.82, 2.24) is 20.4 Å². The Morgan fingerprint density at radius 3 is 3.19 bits per heavy atom. The van der Waals surface area contributed by atoms with Crippen LogP contribution in [0.1, 0.15) is 25.0 Å². The zero-order chi connectivity index (χ0) is 11.4. The number of rotatable bonds is 3. The molecule has 2 rings (SSSR count). The standard InChI is InChI=1S/C11H18N4O/c1-15-7-5-9(14-15)8-13-11(16)10-4-2-3-6-12-10/h5,7,10,12H,2-4,6,8H2,1H3,(H,13,16)/t10-/m0/s1. The van der Waals surface area contributed by atoms with Crippen LogP contribution in [-0.4, -0.2) is 28.3 Å². The fourth-order valence-electron chi connectivity index (χ4n) is 1.93. The highest BCUT2D eigenvalue weighted by molar-refractivity contribution is 5.81. The first kappa shape index (κ1) is 11.1. The summed E-state index contributed by atoms with van der Waals surface area (Å²) in [5, 5.41) is 10.3. The Bertz CT molecular complexity index is 355. The van der Waals surface area contributed by atoms with Crippen molar-refractivity contribution in [3.05, 3.63) is 18.0 Å². The van der Waals surface area contributed by atoms with Gasteiger partial charge in [-0.1, -0.05) is 6.42 Å². The number of aromatic nitrogens is 2. The van der Waals surface area contributed by atoms with Gasteiger partial charge in [-0.2, -0.15) is 5.10 Å². The van der Waals surface area contributed by atoms with E-state index in [0.717, 1.165) is 25.1 Å². The van der Waals surface area contributed by atoms with Crippen LogP contribution < -0.4 is 10.6 Å². The highest BCUT2D eigenvalue weighted by Crippen LogP contribution is 2.06. The lowest BCUT2D eigenvalue weighted by Crippen LogP contribution is -2.46. The summed E-state index contributed by atoms with van der Waals surface area (Å²) in [6.07, 6.45) is 5.12. The average Bonchev–Trinajstić information content (AvgIpc) is 2.73. The second kappa shape index (κ2) is 5.12. The summed E-state index contributed by atoms with van der Waals surface area (Å²) in [5.41, 5.74) is 0.895. The molecular weight excluding hydrogens is 204 g/mol. The quantitative estimate of drug-likeness (QED) is 0.767. The van der Waals surface area contributed by atoms with E-state index in [1.54, 1.807) is 4.68 Å². The largest absolute Gasteiger partial charge is 0.349 e. The summed E-state index contributed by atoms with van der Waals surface area (Å²) >= 11 is 0. The van der Waals surface area contributed by atoms with E-state index in [4.69, 9.17) is 0 Å². The fourth-order valence-corrected chi connectivity index (χ4v) is 1.93. The molecular formula is C11H18N4O. The molecule has 0 bridgehead atoms. The van der Waals surface area contributed by atoms with E-state index in [9.17, 15) is 4.79 Å². The minimum atomic E-state index is -0.0162. The maximum atomic E-state index is 11.8. The molecule has 1 aromatic rings. The third-order valence-corrected chi connectivity index (χ3v) is 2.84. The second-order valence-corrected chi connectivity index (χ2v) is 4.20. The number of aryl methyl sites for hydroxylation is 1. The van der Waals surface area contributed by atoms with E-state index in [-0.39, 0.29) is 11.9 Å². The number of nitrogens with one attached hydrogen (secondary N) is 2. The Morgan fingerprint density at radius 1 is 1.69 bits per heavy atom. The lowest BCUT2D eigenvalue weighted by atomic mass is 10.0. The smallest absolute Gasteiger partial charge is 0.237 e. The fraction of sp³-hybridized carbons (Fsp3) is 0.636. The number of carbonyl (C=O) groups excluding carboxylic acids is 1. The zero-order valence-electron chi connectivity index (χ0n) is 9.57. The van der Waals surface area contributed by atoms with Crippen LogP contribution in [0.15, 0.2) is 12.3 Å². The summed E-state index contributed by atoms with van der Waals surface area (Å²) in [7, 11) is 1.87. The molecule has 5 nitrogen and oxygen atoms in total. The number of hydrogen-bond acceptors (Lipinski definition) is 3. The average molecular weight is 222 g/mol. The van der Waals surface area contributed by atoms with E-state index in [0.29, 0.717) is 6.54 Å². The van der Waals surface area contributed by atoms with Crippen molar-refractivity contribution in [3.63, 3.8) is 0 Å². The van der Waals surface area contributed by atoms with E-state index in [1.807, 2.05) is 19.3 Å². The Balaban J connectivity index is 1.78. The molecule has 0 saturated carbocycles. The van der Waals surface area contributed by atoms with Gasteiger partial charge in [0.1, 0.15) is 0 Å². The van der Waals surface area contributed by atoms with Crippen LogP contribution in [0, 0.1) is 0 Å². The molecule has 1 fully saturated rings. The van der Waals surface area contributed by atoms with Crippen molar-refractivity contribution in [2.75, 3.05) is 6.54 Å². The van der Waals surface area contributed by atoms with Gasteiger partial charge in [-0.05, 0) is 25.5 Å². The molecule has 1 aromatic heterocycles. The number of nitrogens with zero attached hydrogens (tertiary/aromatic N) is 2. The molecule has 16 heavy (non-hydrogen) atoms. The molecule has 88 valence electrons. The van der Waals surface area contributed by atoms with E-state index < -0.39 is 0 Å². The van der Waals surface area contributed by atoms with Crippen LogP contribution in [0.2, 0.25) is 0 Å². The molecule has 0 radical (unpaired) electrons. The first-order valence-corrected chi connectivity index (χ1v) is 5.75. The van der Waals surface area contributed by atoms with Gasteiger partial charge in [0.2, 0.25) is 5.91 Å². The normalized spacial score (nSPS) is 20.7. The maximum Gasteiger partial charge on any atom is 0.237 e. The first-order chi connectivity index (χ1) is 7.75. The van der Waals surface area contributed by atoms with Gasteiger partial charge in [-0.15, -0.1) is 0 Å². The third kappa shape index (κ3) is 2.82. The molecule has 0 unspecified atom stereocenters. The molecule has 2 N–H and O–H groups in total. The minimum absolute atomic E-state index is 0.0162. The van der Waals surface area contributed by atoms with Crippen molar-refractivity contribution >= 4 is 5.91 Å². The van der Waals surface area contributed by atoms with Crippen LogP contribution in [-0.2, 0) is 18.4 Å². The highest BCUT2D eigenvalue weighted by Gasteiger charge is 2.19. The van der Waals surface area contributed by atoms with Crippen LogP contribution in [0.3, 0.4) is 0 Å². The Labute approximate surface area is 95.2 Å². The van der Waals surface area contributed by atoms with Crippen LogP contribution in [0.25, 0.3) is 0 Å². The molecule has 0 aliphatic carbocycles. The summed E-state index contributed by atoms with van der Waals surface area (Å²) in [5.74, 6) is 0.0883. The summed E-state index contributed by atoms with van der Waals surface area (Å²) in [6, 6.07) is 1.90. The Hall–Kier alpha value is -1.36. The van der Waals surface area contributed by atoms with Gasteiger partial charge in [0.05, 0.1) is 18.3 Å². The monoisotopic (exact) mass is 222 g/mol. The number of amides is 1. The molecule has 0 spiro atoms. The number of carbonyl (C=O) groups is 1. The van der Waals surface area contributed by atoms with Gasteiger partial charge in [0.25, 0.3) is 0 Å². The maximum absolute atomic E-state index is 11.8. The van der Waals surface area contributed by atoms with E-state index >= 15 is 0 Å². The van der Waals surface area contributed by atoms with Gasteiger partial charge in [0, 0.05) is 13.2 Å². The van der Waals surface area contributed by atoms with E-state index in [2.05, 4.69) is 15.7 Å². The highest BCUT2D eigenvalue weighted by atomic mass is 16.2. The molecule has 1 aliphatic rings. The van der Waals surface area contributed by atoms with Gasteiger partial charge in [-0.3, -0.25) is 9.48 Å². The molecule has 2 heterocycles. The topological polar surface area (TPSA) is 59.0 Å². The molecule has 0 aromatic carbocycles. The Kier molecular flexibility index (Phi) is 3.56. The molecule has 5 heteroatoms. The zero-order valence-corrected chi connectivity index (χ0v) is 9.57. The van der Waals surface area contributed by atoms with Crippen LogP contribution >= 0.6 is 0 Å². The SMILES string of the molecule is Cn1ccc(CNC(=O)[C@@H]2CCCCN2)n1.